The second-order valence-corrected chi connectivity index (χ2v) is 4.45. The molecule has 108 valence electrons. The molecule has 0 aliphatic heterocycles. The lowest BCUT2D eigenvalue weighted by Crippen LogP contribution is -3.10. The van der Waals surface area contributed by atoms with E-state index in [1.165, 1.54) is 4.90 Å². The van der Waals surface area contributed by atoms with Crippen molar-refractivity contribution in [1.29, 1.82) is 0 Å². The van der Waals surface area contributed by atoms with E-state index < -0.39 is 0 Å². The Morgan fingerprint density at radius 3 is 2.32 bits per heavy atom. The maximum absolute atomic E-state index is 11.4. The van der Waals surface area contributed by atoms with Crippen LogP contribution in [0, 0.1) is 0 Å². The Morgan fingerprint density at radius 2 is 1.84 bits per heavy atom. The number of carbonyl (C=O) groups is 1. The number of hydrogen-bond donors (Lipinski definition) is 1. The fourth-order valence-electron chi connectivity index (χ4n) is 2.00. The molecule has 0 saturated carbocycles. The predicted molar refractivity (Wildman–Crippen MR) is 73.4 cm³/mol. The van der Waals surface area contributed by atoms with Crippen molar-refractivity contribution >= 4 is 5.78 Å². The fourth-order valence-corrected chi connectivity index (χ4v) is 2.00. The average molecular weight is 286 g/mol. The lowest BCUT2D eigenvalue weighted by molar-refractivity contribution is -0.910. The highest BCUT2D eigenvalue weighted by atomic mass is 35.5. The number of carbonyl (C=O) groups excluding carboxylic acids is 1. The van der Waals surface area contributed by atoms with Gasteiger partial charge in [-0.25, -0.2) is 0 Å². The topological polar surface area (TPSA) is 30.7 Å². The molecule has 0 aliphatic rings. The number of nitrogens with one attached hydrogen (secondary N) is 1. The number of benzene rings is 1. The number of rotatable bonds is 7. The molecule has 0 unspecified atom stereocenters. The van der Waals surface area contributed by atoms with Crippen LogP contribution in [0.3, 0.4) is 0 Å². The van der Waals surface area contributed by atoms with E-state index in [-0.39, 0.29) is 18.2 Å². The summed E-state index contributed by atoms with van der Waals surface area (Å²) in [7, 11) is 0. The Kier molecular flexibility index (Phi) is 8.44. The van der Waals surface area contributed by atoms with Gasteiger partial charge >= 0.3 is 0 Å². The number of ether oxygens (including phenoxy) is 1. The third-order valence-corrected chi connectivity index (χ3v) is 3.21. The molecule has 1 rings (SSSR count). The summed E-state index contributed by atoms with van der Waals surface area (Å²) < 4.78 is 5.64. The third kappa shape index (κ3) is 5.21. The highest BCUT2D eigenvalue weighted by molar-refractivity contribution is 5.94. The summed E-state index contributed by atoms with van der Waals surface area (Å²) in [5, 5.41) is 0. The Labute approximate surface area is 122 Å². The second kappa shape index (κ2) is 8.94. The molecule has 0 heterocycles. The van der Waals surface area contributed by atoms with Gasteiger partial charge in [-0.2, -0.15) is 0 Å². The van der Waals surface area contributed by atoms with Crippen LogP contribution < -0.4 is 22.0 Å². The maximum Gasteiger partial charge on any atom is 0.159 e. The Morgan fingerprint density at radius 1 is 1.21 bits per heavy atom. The van der Waals surface area contributed by atoms with Crippen LogP contribution in [0.25, 0.3) is 0 Å². The summed E-state index contributed by atoms with van der Waals surface area (Å²) in [5.41, 5.74) is 1.89. The molecule has 1 N–H and O–H groups in total. The smallest absolute Gasteiger partial charge is 0.159 e. The van der Waals surface area contributed by atoms with Crippen LogP contribution in [0.15, 0.2) is 18.2 Å². The molecule has 0 saturated heterocycles. The van der Waals surface area contributed by atoms with E-state index in [4.69, 9.17) is 4.74 Å². The van der Waals surface area contributed by atoms with Crippen molar-refractivity contribution in [2.75, 3.05) is 19.7 Å². The SMILES string of the molecule is CCOc1ccc(C(C)=O)cc1C[NH+](CC)CC.[Cl-]. The van der Waals surface area contributed by atoms with Gasteiger partial charge in [-0.15, -0.1) is 0 Å². The van der Waals surface area contributed by atoms with Gasteiger partial charge < -0.3 is 22.0 Å². The lowest BCUT2D eigenvalue weighted by Gasteiger charge is -2.18. The van der Waals surface area contributed by atoms with Gasteiger partial charge in [-0.05, 0) is 45.9 Å². The van der Waals surface area contributed by atoms with Gasteiger partial charge in [0.15, 0.2) is 5.78 Å². The largest absolute Gasteiger partial charge is 1.00 e. The zero-order valence-corrected chi connectivity index (χ0v) is 13.0. The first-order chi connectivity index (χ1) is 8.62. The lowest BCUT2D eigenvalue weighted by atomic mass is 10.1. The quantitative estimate of drug-likeness (QED) is 0.633. The average Bonchev–Trinajstić information content (AvgIpc) is 2.37. The predicted octanol–water partition coefficient (Wildman–Crippen LogP) is -1.28. The first-order valence-electron chi connectivity index (χ1n) is 6.72. The van der Waals surface area contributed by atoms with Crippen molar-refractivity contribution in [2.24, 2.45) is 0 Å². The van der Waals surface area contributed by atoms with Crippen LogP contribution in [0.1, 0.15) is 43.6 Å². The van der Waals surface area contributed by atoms with E-state index in [1.807, 2.05) is 25.1 Å². The molecular weight excluding hydrogens is 262 g/mol. The number of Topliss-reactive ketones (excluding diaryl/α,β-unsaturated/α-hetero) is 1. The third-order valence-electron chi connectivity index (χ3n) is 3.21. The fraction of sp³-hybridized carbons (Fsp3) is 0.533. The molecule has 0 amide bonds. The Bertz CT molecular complexity index is 403. The van der Waals surface area contributed by atoms with Crippen LogP contribution in [-0.2, 0) is 6.54 Å². The molecule has 1 aromatic rings. The summed E-state index contributed by atoms with van der Waals surface area (Å²) in [6.45, 7) is 11.6. The number of halogens is 1. The molecule has 0 fully saturated rings. The van der Waals surface area contributed by atoms with Crippen molar-refractivity contribution < 1.29 is 26.8 Å². The van der Waals surface area contributed by atoms with Gasteiger partial charge in [0.05, 0.1) is 19.7 Å². The Hall–Kier alpha value is -1.06. The molecular formula is C15H24ClNO2. The monoisotopic (exact) mass is 285 g/mol. The van der Waals surface area contributed by atoms with Gasteiger partial charge in [0, 0.05) is 11.1 Å². The highest BCUT2D eigenvalue weighted by Crippen LogP contribution is 2.20. The van der Waals surface area contributed by atoms with Crippen LogP contribution in [-0.4, -0.2) is 25.5 Å². The van der Waals surface area contributed by atoms with Gasteiger partial charge in [-0.3, -0.25) is 4.79 Å². The van der Waals surface area contributed by atoms with Crippen molar-refractivity contribution in [3.63, 3.8) is 0 Å². The van der Waals surface area contributed by atoms with Crippen LogP contribution in [0.4, 0.5) is 0 Å². The number of ketones is 1. The molecule has 0 atom stereocenters. The molecule has 0 aromatic heterocycles. The van der Waals surface area contributed by atoms with Crippen molar-refractivity contribution in [1.82, 2.24) is 0 Å². The second-order valence-electron chi connectivity index (χ2n) is 4.45. The molecule has 0 bridgehead atoms. The van der Waals surface area contributed by atoms with E-state index in [0.717, 1.165) is 36.5 Å². The standard InChI is InChI=1S/C15H23NO2.ClH/c1-5-16(6-2)11-14-10-13(12(4)17)8-9-15(14)18-7-3;/h8-10H,5-7,11H2,1-4H3;1H. The summed E-state index contributed by atoms with van der Waals surface area (Å²) in [6, 6.07) is 5.73. The van der Waals surface area contributed by atoms with E-state index in [9.17, 15) is 4.79 Å². The summed E-state index contributed by atoms with van der Waals surface area (Å²) in [6.07, 6.45) is 0. The summed E-state index contributed by atoms with van der Waals surface area (Å²) in [5.74, 6) is 1.01. The van der Waals surface area contributed by atoms with E-state index in [2.05, 4.69) is 13.8 Å². The number of hydrogen-bond acceptors (Lipinski definition) is 2. The first kappa shape index (κ1) is 17.9. The van der Waals surface area contributed by atoms with Crippen LogP contribution in [0.2, 0.25) is 0 Å². The van der Waals surface area contributed by atoms with E-state index in [0.29, 0.717) is 6.61 Å². The minimum Gasteiger partial charge on any atom is -1.00 e. The van der Waals surface area contributed by atoms with Crippen molar-refractivity contribution in [2.45, 2.75) is 34.2 Å². The molecule has 1 aromatic carbocycles. The molecule has 0 spiro atoms. The molecule has 3 nitrogen and oxygen atoms in total. The van der Waals surface area contributed by atoms with Gasteiger partial charge in [0.1, 0.15) is 12.3 Å². The molecule has 0 radical (unpaired) electrons. The Balaban J connectivity index is 0.00000324. The van der Waals surface area contributed by atoms with E-state index in [1.54, 1.807) is 6.92 Å². The minimum atomic E-state index is 0. The molecule has 4 heteroatoms. The zero-order chi connectivity index (χ0) is 13.5. The normalized spacial score (nSPS) is 10.2. The van der Waals surface area contributed by atoms with Crippen LogP contribution in [0.5, 0.6) is 5.75 Å². The van der Waals surface area contributed by atoms with Crippen molar-refractivity contribution in [3.05, 3.63) is 29.3 Å². The first-order valence-corrected chi connectivity index (χ1v) is 6.72. The molecule has 0 aliphatic carbocycles. The zero-order valence-electron chi connectivity index (χ0n) is 12.3. The summed E-state index contributed by atoms with van der Waals surface area (Å²) in [4.78, 5) is 12.9. The maximum atomic E-state index is 11.4. The van der Waals surface area contributed by atoms with Crippen molar-refractivity contribution in [3.8, 4) is 5.75 Å². The van der Waals surface area contributed by atoms with E-state index >= 15 is 0 Å². The summed E-state index contributed by atoms with van der Waals surface area (Å²) >= 11 is 0. The van der Waals surface area contributed by atoms with Gasteiger partial charge in [0.25, 0.3) is 0 Å². The number of quaternary nitrogens is 1. The molecule has 19 heavy (non-hydrogen) atoms. The van der Waals surface area contributed by atoms with Gasteiger partial charge in [0.2, 0.25) is 0 Å². The highest BCUT2D eigenvalue weighted by Gasteiger charge is 2.12. The minimum absolute atomic E-state index is 0. The van der Waals surface area contributed by atoms with Gasteiger partial charge in [-0.1, -0.05) is 0 Å². The van der Waals surface area contributed by atoms with Crippen LogP contribution >= 0.6 is 0 Å².